The van der Waals surface area contributed by atoms with Crippen LogP contribution in [0.4, 0.5) is 5.82 Å². The fourth-order valence-electron chi connectivity index (χ4n) is 1.46. The minimum Gasteiger partial charge on any atom is -0.394 e. The van der Waals surface area contributed by atoms with E-state index in [4.69, 9.17) is 0 Å². The number of anilines is 1. The number of nitrogens with zero attached hydrogens (tertiary/aromatic N) is 2. The summed E-state index contributed by atoms with van der Waals surface area (Å²) in [6.45, 7) is 9.16. The van der Waals surface area contributed by atoms with Gasteiger partial charge in [-0.15, -0.1) is 0 Å². The van der Waals surface area contributed by atoms with Crippen LogP contribution in [0, 0.1) is 0 Å². The average Bonchev–Trinajstić information content (AvgIpc) is 2.36. The number of aromatic nitrogens is 1. The van der Waals surface area contributed by atoms with Crippen molar-refractivity contribution in [2.24, 2.45) is 0 Å². The summed E-state index contributed by atoms with van der Waals surface area (Å²) >= 11 is 0. The van der Waals surface area contributed by atoms with Crippen LogP contribution >= 0.6 is 0 Å². The molecule has 1 aromatic heterocycles. The lowest BCUT2D eigenvalue weighted by Gasteiger charge is -2.34. The molecule has 0 saturated carbocycles. The lowest BCUT2D eigenvalue weighted by Crippen LogP contribution is -2.44. The molecule has 0 saturated heterocycles. The second kappa shape index (κ2) is 6.16. The smallest absolute Gasteiger partial charge is 0.128 e. The highest BCUT2D eigenvalue weighted by atomic mass is 16.3. The number of rotatable bonds is 6. The molecule has 0 bridgehead atoms. The number of hydrogen-bond acceptors (Lipinski definition) is 4. The quantitative estimate of drug-likeness (QED) is 0.809. The Morgan fingerprint density at radius 3 is 2.50 bits per heavy atom. The Morgan fingerprint density at radius 2 is 2.06 bits per heavy atom. The highest BCUT2D eigenvalue weighted by Gasteiger charge is 2.23. The van der Waals surface area contributed by atoms with E-state index in [1.807, 2.05) is 38.1 Å². The molecule has 1 heterocycles. The molecule has 1 aromatic rings. The van der Waals surface area contributed by atoms with Crippen molar-refractivity contribution in [3.63, 3.8) is 0 Å². The third-order valence-electron chi connectivity index (χ3n) is 3.16. The van der Waals surface area contributed by atoms with Gasteiger partial charge in [0.05, 0.1) is 12.1 Å². The highest BCUT2D eigenvalue weighted by molar-refractivity contribution is 5.41. The maximum Gasteiger partial charge on any atom is 0.128 e. The molecule has 0 amide bonds. The molecule has 18 heavy (non-hydrogen) atoms. The van der Waals surface area contributed by atoms with Gasteiger partial charge in [-0.25, -0.2) is 4.98 Å². The summed E-state index contributed by atoms with van der Waals surface area (Å²) in [6.07, 6.45) is 1.88. The largest absolute Gasteiger partial charge is 0.394 e. The minimum absolute atomic E-state index is 0.0990. The van der Waals surface area contributed by atoms with Gasteiger partial charge < -0.3 is 15.3 Å². The van der Waals surface area contributed by atoms with Gasteiger partial charge in [-0.1, -0.05) is 19.9 Å². The van der Waals surface area contributed by atoms with Crippen molar-refractivity contribution in [2.75, 3.05) is 18.6 Å². The third-order valence-corrected chi connectivity index (χ3v) is 3.16. The highest BCUT2D eigenvalue weighted by Crippen LogP contribution is 2.19. The number of aliphatic hydroxyl groups excluding tert-OH is 1. The van der Waals surface area contributed by atoms with Gasteiger partial charge in [0.25, 0.3) is 0 Å². The Morgan fingerprint density at radius 1 is 1.39 bits per heavy atom. The lowest BCUT2D eigenvalue weighted by molar-refractivity contribution is 0.215. The number of aliphatic hydroxyl groups is 1. The first-order valence-corrected chi connectivity index (χ1v) is 6.40. The average molecular weight is 251 g/mol. The molecule has 0 aromatic carbocycles. The summed E-state index contributed by atoms with van der Waals surface area (Å²) < 4.78 is 0. The Labute approximate surface area is 110 Å². The molecular weight excluding hydrogens is 226 g/mol. The van der Waals surface area contributed by atoms with E-state index in [0.717, 1.165) is 12.4 Å². The summed E-state index contributed by atoms with van der Waals surface area (Å²) in [5, 5.41) is 12.7. The number of pyridine rings is 1. The summed E-state index contributed by atoms with van der Waals surface area (Å²) in [6, 6.07) is 4.54. The van der Waals surface area contributed by atoms with E-state index in [-0.39, 0.29) is 12.1 Å². The van der Waals surface area contributed by atoms with E-state index >= 15 is 0 Å². The third kappa shape index (κ3) is 3.96. The second-order valence-electron chi connectivity index (χ2n) is 5.59. The molecule has 0 unspecified atom stereocenters. The molecular formula is C14H25N3O. The number of hydrogen-bond donors (Lipinski definition) is 2. The Hall–Kier alpha value is -1.13. The zero-order valence-corrected chi connectivity index (χ0v) is 12.1. The van der Waals surface area contributed by atoms with Crippen LogP contribution in [-0.2, 0) is 6.54 Å². The van der Waals surface area contributed by atoms with Gasteiger partial charge in [0, 0.05) is 25.8 Å². The molecule has 0 fully saturated rings. The molecule has 0 aliphatic heterocycles. The SMILES string of the molecule is CC(C)NCc1ccc(N(C)C(C)(C)CO)nc1. The van der Waals surface area contributed by atoms with E-state index < -0.39 is 0 Å². The molecule has 1 rings (SSSR count). The van der Waals surface area contributed by atoms with Crippen LogP contribution < -0.4 is 10.2 Å². The normalized spacial score (nSPS) is 11.9. The summed E-state index contributed by atoms with van der Waals surface area (Å²) in [5.41, 5.74) is 0.868. The number of nitrogens with one attached hydrogen (secondary N) is 1. The second-order valence-corrected chi connectivity index (χ2v) is 5.59. The van der Waals surface area contributed by atoms with Gasteiger partial charge in [0.2, 0.25) is 0 Å². The zero-order valence-electron chi connectivity index (χ0n) is 12.1. The molecule has 0 aliphatic rings. The van der Waals surface area contributed by atoms with Crippen molar-refractivity contribution in [3.05, 3.63) is 23.9 Å². The van der Waals surface area contributed by atoms with Crippen molar-refractivity contribution in [1.82, 2.24) is 10.3 Å². The molecule has 4 heteroatoms. The molecule has 4 nitrogen and oxygen atoms in total. The van der Waals surface area contributed by atoms with Crippen molar-refractivity contribution >= 4 is 5.82 Å². The van der Waals surface area contributed by atoms with Gasteiger partial charge in [0.15, 0.2) is 0 Å². The molecule has 0 atom stereocenters. The Kier molecular flexibility index (Phi) is 5.11. The van der Waals surface area contributed by atoms with E-state index in [1.54, 1.807) is 0 Å². The zero-order chi connectivity index (χ0) is 13.8. The van der Waals surface area contributed by atoms with Crippen LogP contribution in [0.15, 0.2) is 18.3 Å². The molecule has 102 valence electrons. The van der Waals surface area contributed by atoms with Gasteiger partial charge in [-0.3, -0.25) is 0 Å². The van der Waals surface area contributed by atoms with Crippen molar-refractivity contribution in [3.8, 4) is 0 Å². The maximum atomic E-state index is 9.35. The van der Waals surface area contributed by atoms with Crippen LogP contribution in [0.2, 0.25) is 0 Å². The van der Waals surface area contributed by atoms with Gasteiger partial charge in [-0.05, 0) is 25.5 Å². The topological polar surface area (TPSA) is 48.4 Å². The summed E-state index contributed by atoms with van der Waals surface area (Å²) in [4.78, 5) is 6.44. The fourth-order valence-corrected chi connectivity index (χ4v) is 1.46. The van der Waals surface area contributed by atoms with Crippen LogP contribution in [-0.4, -0.2) is 35.3 Å². The number of likely N-dealkylation sites (N-methyl/N-ethyl adjacent to an activating group) is 1. The predicted octanol–water partition coefficient (Wildman–Crippen LogP) is 1.79. The van der Waals surface area contributed by atoms with E-state index in [1.165, 1.54) is 5.56 Å². The summed E-state index contributed by atoms with van der Waals surface area (Å²) in [5.74, 6) is 0.877. The first-order valence-electron chi connectivity index (χ1n) is 6.40. The van der Waals surface area contributed by atoms with E-state index in [9.17, 15) is 5.11 Å². The van der Waals surface area contributed by atoms with Gasteiger partial charge in [-0.2, -0.15) is 0 Å². The van der Waals surface area contributed by atoms with E-state index in [2.05, 4.69) is 30.2 Å². The monoisotopic (exact) mass is 251 g/mol. The standard InChI is InChI=1S/C14H25N3O/c1-11(2)15-8-12-6-7-13(16-9-12)17(5)14(3,4)10-18/h6-7,9,11,15,18H,8,10H2,1-5H3. The van der Waals surface area contributed by atoms with Crippen molar-refractivity contribution in [2.45, 2.75) is 45.8 Å². The molecule has 0 radical (unpaired) electrons. The van der Waals surface area contributed by atoms with Gasteiger partial charge in [0.1, 0.15) is 5.82 Å². The molecule has 0 spiro atoms. The first-order chi connectivity index (χ1) is 8.36. The van der Waals surface area contributed by atoms with Crippen LogP contribution in [0.5, 0.6) is 0 Å². The van der Waals surface area contributed by atoms with Crippen LogP contribution in [0.25, 0.3) is 0 Å². The Balaban J connectivity index is 2.70. The van der Waals surface area contributed by atoms with Crippen LogP contribution in [0.3, 0.4) is 0 Å². The van der Waals surface area contributed by atoms with Crippen LogP contribution in [0.1, 0.15) is 33.3 Å². The fraction of sp³-hybridized carbons (Fsp3) is 0.643. The maximum absolute atomic E-state index is 9.35. The molecule has 2 N–H and O–H groups in total. The van der Waals surface area contributed by atoms with Crippen molar-refractivity contribution < 1.29 is 5.11 Å². The molecule has 0 aliphatic carbocycles. The van der Waals surface area contributed by atoms with Crippen molar-refractivity contribution in [1.29, 1.82) is 0 Å². The van der Waals surface area contributed by atoms with Gasteiger partial charge >= 0.3 is 0 Å². The van der Waals surface area contributed by atoms with E-state index in [0.29, 0.717) is 6.04 Å². The Bertz CT molecular complexity index is 360. The minimum atomic E-state index is -0.301. The predicted molar refractivity (Wildman–Crippen MR) is 75.8 cm³/mol. The summed E-state index contributed by atoms with van der Waals surface area (Å²) in [7, 11) is 1.95. The first kappa shape index (κ1) is 14.9. The lowest BCUT2D eigenvalue weighted by atomic mass is 10.1.